The lowest BCUT2D eigenvalue weighted by Gasteiger charge is -2.29. The average Bonchev–Trinajstić information content (AvgIpc) is 3.10. The number of amides is 1. The fourth-order valence-electron chi connectivity index (χ4n) is 3.11. The van der Waals surface area contributed by atoms with Gasteiger partial charge in [-0.05, 0) is 39.5 Å². The number of halogens is 1. The molecule has 0 bridgehead atoms. The summed E-state index contributed by atoms with van der Waals surface area (Å²) in [7, 11) is 0. The number of rotatable bonds is 6. The van der Waals surface area contributed by atoms with Gasteiger partial charge >= 0.3 is 5.97 Å². The molecule has 4 nitrogen and oxygen atoms in total. The molecule has 2 aromatic rings. The van der Waals surface area contributed by atoms with E-state index in [9.17, 15) is 9.59 Å². The lowest BCUT2D eigenvalue weighted by atomic mass is 10.1. The zero-order chi connectivity index (χ0) is 20.1. The number of hydrogen-bond acceptors (Lipinski definition) is 4. The summed E-state index contributed by atoms with van der Waals surface area (Å²) in [6.07, 6.45) is 0.690. The van der Waals surface area contributed by atoms with Gasteiger partial charge in [0.05, 0.1) is 17.5 Å². The number of thioether (sulfide) groups is 1. The second kappa shape index (κ2) is 9.61. The molecule has 2 aromatic carbocycles. The van der Waals surface area contributed by atoms with Crippen molar-refractivity contribution >= 4 is 39.6 Å². The third kappa shape index (κ3) is 4.97. The van der Waals surface area contributed by atoms with E-state index in [-0.39, 0.29) is 23.2 Å². The Morgan fingerprint density at radius 1 is 1.14 bits per heavy atom. The van der Waals surface area contributed by atoms with Gasteiger partial charge in [0.15, 0.2) is 0 Å². The summed E-state index contributed by atoms with van der Waals surface area (Å²) in [4.78, 5) is 27.8. The fraction of sp³-hybridized carbons (Fsp3) is 0.364. The molecule has 28 heavy (non-hydrogen) atoms. The van der Waals surface area contributed by atoms with Gasteiger partial charge in [-0.25, -0.2) is 4.79 Å². The van der Waals surface area contributed by atoms with E-state index in [2.05, 4.69) is 15.9 Å². The van der Waals surface area contributed by atoms with Crippen molar-refractivity contribution in [1.82, 2.24) is 4.90 Å². The Hall–Kier alpha value is -1.79. The summed E-state index contributed by atoms with van der Waals surface area (Å²) in [5.41, 5.74) is 1.70. The highest BCUT2D eigenvalue weighted by molar-refractivity contribution is 9.10. The van der Waals surface area contributed by atoms with Crippen LogP contribution >= 0.6 is 27.7 Å². The smallest absolute Gasteiger partial charge is 0.329 e. The van der Waals surface area contributed by atoms with Crippen LogP contribution < -0.4 is 0 Å². The standard InChI is InChI=1S/C22H24BrNO3S/c1-15(2)13-27-22(26)19-14-28-20(12-16-8-4-3-5-9-16)24(19)21(25)17-10-6-7-11-18(17)23/h3-11,15,19-20H,12-14H2,1-2H3. The van der Waals surface area contributed by atoms with Crippen LogP contribution in [0.4, 0.5) is 0 Å². The highest BCUT2D eigenvalue weighted by atomic mass is 79.9. The molecule has 1 saturated heterocycles. The molecule has 0 N–H and O–H groups in total. The maximum absolute atomic E-state index is 13.4. The van der Waals surface area contributed by atoms with Crippen LogP contribution in [0.1, 0.15) is 29.8 Å². The van der Waals surface area contributed by atoms with Crippen molar-refractivity contribution in [2.24, 2.45) is 5.92 Å². The van der Waals surface area contributed by atoms with Crippen LogP contribution in [-0.2, 0) is 16.0 Å². The molecule has 1 heterocycles. The topological polar surface area (TPSA) is 46.6 Å². The average molecular weight is 462 g/mol. The normalized spacial score (nSPS) is 19.1. The van der Waals surface area contributed by atoms with Crippen molar-refractivity contribution in [1.29, 1.82) is 0 Å². The van der Waals surface area contributed by atoms with E-state index >= 15 is 0 Å². The molecule has 1 aliphatic rings. The number of hydrogen-bond donors (Lipinski definition) is 0. The molecule has 2 unspecified atom stereocenters. The number of benzene rings is 2. The Morgan fingerprint density at radius 3 is 2.50 bits per heavy atom. The van der Waals surface area contributed by atoms with E-state index in [1.807, 2.05) is 62.4 Å². The van der Waals surface area contributed by atoms with E-state index < -0.39 is 6.04 Å². The first-order valence-electron chi connectivity index (χ1n) is 9.36. The summed E-state index contributed by atoms with van der Waals surface area (Å²) < 4.78 is 6.20. The predicted octanol–water partition coefficient (Wildman–Crippen LogP) is 4.77. The van der Waals surface area contributed by atoms with Gasteiger partial charge in [-0.15, -0.1) is 11.8 Å². The molecule has 0 saturated carbocycles. The zero-order valence-electron chi connectivity index (χ0n) is 16.0. The Kier molecular flexibility index (Phi) is 7.18. The van der Waals surface area contributed by atoms with Crippen molar-refractivity contribution in [3.05, 3.63) is 70.2 Å². The first-order valence-corrected chi connectivity index (χ1v) is 11.2. The number of carbonyl (C=O) groups excluding carboxylic acids is 2. The van der Waals surface area contributed by atoms with Gasteiger partial charge in [0.1, 0.15) is 6.04 Å². The number of esters is 1. The lowest BCUT2D eigenvalue weighted by molar-refractivity contribution is -0.149. The van der Waals surface area contributed by atoms with Crippen LogP contribution in [-0.4, -0.2) is 40.6 Å². The molecule has 1 fully saturated rings. The quantitative estimate of drug-likeness (QED) is 0.580. The third-order valence-corrected chi connectivity index (χ3v) is 6.49. The van der Waals surface area contributed by atoms with E-state index in [1.165, 1.54) is 0 Å². The van der Waals surface area contributed by atoms with E-state index in [0.29, 0.717) is 24.3 Å². The third-order valence-electron chi connectivity index (χ3n) is 4.52. The highest BCUT2D eigenvalue weighted by Crippen LogP contribution is 2.34. The first kappa shape index (κ1) is 20.9. The largest absolute Gasteiger partial charge is 0.464 e. The predicted molar refractivity (Wildman–Crippen MR) is 116 cm³/mol. The Labute approximate surface area is 178 Å². The molecule has 0 aromatic heterocycles. The second-order valence-electron chi connectivity index (χ2n) is 7.21. The van der Waals surface area contributed by atoms with Crippen LogP contribution in [0, 0.1) is 5.92 Å². The van der Waals surface area contributed by atoms with Gasteiger partial charge in [0.2, 0.25) is 0 Å². The van der Waals surface area contributed by atoms with Crippen molar-refractivity contribution in [2.45, 2.75) is 31.7 Å². The van der Waals surface area contributed by atoms with Gasteiger partial charge < -0.3 is 9.64 Å². The lowest BCUT2D eigenvalue weighted by Crippen LogP contribution is -2.47. The maximum atomic E-state index is 13.4. The number of ether oxygens (including phenoxy) is 1. The summed E-state index contributed by atoms with van der Waals surface area (Å²) in [5, 5.41) is -0.112. The molecule has 0 aliphatic carbocycles. The molecule has 148 valence electrons. The van der Waals surface area contributed by atoms with E-state index in [0.717, 1.165) is 10.0 Å². The summed E-state index contributed by atoms with van der Waals surface area (Å²) >= 11 is 5.10. The van der Waals surface area contributed by atoms with Crippen LogP contribution in [0.2, 0.25) is 0 Å². The van der Waals surface area contributed by atoms with Gasteiger partial charge in [0.25, 0.3) is 5.91 Å². The Balaban J connectivity index is 1.86. The second-order valence-corrected chi connectivity index (χ2v) is 9.27. The van der Waals surface area contributed by atoms with Gasteiger partial charge in [-0.1, -0.05) is 56.3 Å². The van der Waals surface area contributed by atoms with Crippen molar-refractivity contribution in [3.63, 3.8) is 0 Å². The minimum absolute atomic E-state index is 0.112. The van der Waals surface area contributed by atoms with Gasteiger partial charge in [-0.2, -0.15) is 0 Å². The van der Waals surface area contributed by atoms with Gasteiger partial charge in [-0.3, -0.25) is 4.79 Å². The molecular formula is C22H24BrNO3S. The van der Waals surface area contributed by atoms with Crippen molar-refractivity contribution < 1.29 is 14.3 Å². The van der Waals surface area contributed by atoms with Crippen LogP contribution in [0.5, 0.6) is 0 Å². The molecule has 3 rings (SSSR count). The molecule has 6 heteroatoms. The minimum atomic E-state index is -0.572. The Morgan fingerprint density at radius 2 is 1.82 bits per heavy atom. The Bertz CT molecular complexity index is 828. The number of nitrogens with zero attached hydrogens (tertiary/aromatic N) is 1. The maximum Gasteiger partial charge on any atom is 0.329 e. The van der Waals surface area contributed by atoms with Crippen molar-refractivity contribution in [2.75, 3.05) is 12.4 Å². The molecule has 2 atom stereocenters. The molecule has 1 aliphatic heterocycles. The van der Waals surface area contributed by atoms with E-state index in [4.69, 9.17) is 4.74 Å². The van der Waals surface area contributed by atoms with Crippen LogP contribution in [0.15, 0.2) is 59.1 Å². The van der Waals surface area contributed by atoms with E-state index in [1.54, 1.807) is 22.7 Å². The monoisotopic (exact) mass is 461 g/mol. The highest BCUT2D eigenvalue weighted by Gasteiger charge is 2.43. The van der Waals surface area contributed by atoms with Crippen LogP contribution in [0.3, 0.4) is 0 Å². The summed E-state index contributed by atoms with van der Waals surface area (Å²) in [6.45, 7) is 4.36. The first-order chi connectivity index (χ1) is 13.5. The molecule has 1 amide bonds. The summed E-state index contributed by atoms with van der Waals surface area (Å²) in [5.74, 6) is 0.331. The van der Waals surface area contributed by atoms with Crippen molar-refractivity contribution in [3.8, 4) is 0 Å². The molecular weight excluding hydrogens is 438 g/mol. The van der Waals surface area contributed by atoms with Gasteiger partial charge in [0, 0.05) is 16.6 Å². The zero-order valence-corrected chi connectivity index (χ0v) is 18.4. The minimum Gasteiger partial charge on any atom is -0.464 e. The number of carbonyl (C=O) groups is 2. The van der Waals surface area contributed by atoms with Crippen LogP contribution in [0.25, 0.3) is 0 Å². The fourth-order valence-corrected chi connectivity index (χ4v) is 4.98. The summed E-state index contributed by atoms with van der Waals surface area (Å²) in [6, 6.07) is 16.8. The molecule has 0 spiro atoms. The molecule has 0 radical (unpaired) electrons. The SMILES string of the molecule is CC(C)COC(=O)C1CSC(Cc2ccccc2)N1C(=O)c1ccccc1Br.